The summed E-state index contributed by atoms with van der Waals surface area (Å²) in [6.07, 6.45) is 2.42. The minimum absolute atomic E-state index is 0.152. The van der Waals surface area contributed by atoms with Crippen LogP contribution in [0.4, 0.5) is 11.4 Å². The zero-order valence-electron chi connectivity index (χ0n) is 16.8. The number of carbonyl (C=O) groups is 2. The Bertz CT molecular complexity index is 995. The lowest BCUT2D eigenvalue weighted by Crippen LogP contribution is -2.26. The van der Waals surface area contributed by atoms with Gasteiger partial charge >= 0.3 is 0 Å². The number of hydrogen-bond donors (Lipinski definition) is 2. The summed E-state index contributed by atoms with van der Waals surface area (Å²) in [5.74, 6) is -0.555. The number of nitrogens with one attached hydrogen (secondary N) is 2. The number of carbonyl (C=O) groups excluding carboxylic acids is 2. The molecule has 0 aliphatic heterocycles. The van der Waals surface area contributed by atoms with E-state index in [-0.39, 0.29) is 23.3 Å². The maximum absolute atomic E-state index is 12.8. The number of pyridine rings is 1. The molecular weight excluding hydrogens is 370 g/mol. The van der Waals surface area contributed by atoms with Crippen LogP contribution in [-0.4, -0.2) is 55.6 Å². The molecule has 2 N–H and O–H groups in total. The largest absolute Gasteiger partial charge is 0.385 e. The minimum atomic E-state index is -0.387. The van der Waals surface area contributed by atoms with Crippen molar-refractivity contribution >= 4 is 28.7 Å². The van der Waals surface area contributed by atoms with Gasteiger partial charge in [0.05, 0.1) is 5.52 Å². The number of hydrogen-bond acceptors (Lipinski definition) is 5. The fourth-order valence-corrected chi connectivity index (χ4v) is 2.90. The van der Waals surface area contributed by atoms with Crippen LogP contribution in [-0.2, 0) is 4.74 Å². The van der Waals surface area contributed by atoms with Gasteiger partial charge in [0.15, 0.2) is 5.69 Å². The van der Waals surface area contributed by atoms with E-state index in [0.29, 0.717) is 30.8 Å². The average Bonchev–Trinajstić information content (AvgIpc) is 3.11. The van der Waals surface area contributed by atoms with Crippen molar-refractivity contribution in [1.82, 2.24) is 14.7 Å². The van der Waals surface area contributed by atoms with Crippen LogP contribution in [0, 0.1) is 0 Å². The Balaban J connectivity index is 1.81. The van der Waals surface area contributed by atoms with Gasteiger partial charge in [-0.05, 0) is 42.8 Å². The summed E-state index contributed by atoms with van der Waals surface area (Å²) in [5, 5.41) is 5.65. The highest BCUT2D eigenvalue weighted by Gasteiger charge is 2.21. The first-order valence-corrected chi connectivity index (χ1v) is 9.34. The smallest absolute Gasteiger partial charge is 0.292 e. The van der Waals surface area contributed by atoms with Gasteiger partial charge < -0.3 is 20.3 Å². The Morgan fingerprint density at radius 3 is 2.55 bits per heavy atom. The molecule has 0 saturated heterocycles. The predicted molar refractivity (Wildman–Crippen MR) is 113 cm³/mol. The van der Waals surface area contributed by atoms with Crippen molar-refractivity contribution < 1.29 is 14.3 Å². The summed E-state index contributed by atoms with van der Waals surface area (Å²) in [4.78, 5) is 31.7. The Hall–Kier alpha value is -3.39. The van der Waals surface area contributed by atoms with Crippen LogP contribution in [0.2, 0.25) is 0 Å². The third-order valence-electron chi connectivity index (χ3n) is 4.42. The highest BCUT2D eigenvalue weighted by Crippen LogP contribution is 2.18. The molecule has 0 saturated carbocycles. The summed E-state index contributed by atoms with van der Waals surface area (Å²) in [6.45, 7) is 1.03. The van der Waals surface area contributed by atoms with Gasteiger partial charge in [0, 0.05) is 51.9 Å². The van der Waals surface area contributed by atoms with E-state index in [4.69, 9.17) is 4.74 Å². The number of amides is 2. The van der Waals surface area contributed by atoms with Gasteiger partial charge in [-0.1, -0.05) is 6.07 Å². The van der Waals surface area contributed by atoms with Crippen LogP contribution in [0.1, 0.15) is 27.5 Å². The van der Waals surface area contributed by atoms with Crippen molar-refractivity contribution in [1.29, 1.82) is 0 Å². The zero-order valence-corrected chi connectivity index (χ0v) is 16.8. The first-order valence-electron chi connectivity index (χ1n) is 9.34. The number of aromatic nitrogens is 2. The molecule has 0 radical (unpaired) electrons. The number of nitrogens with zero attached hydrogens (tertiary/aromatic N) is 3. The lowest BCUT2D eigenvalue weighted by Gasteiger charge is -2.12. The Kier molecular flexibility index (Phi) is 6.46. The van der Waals surface area contributed by atoms with Crippen molar-refractivity contribution in [3.05, 3.63) is 60.2 Å². The molecule has 0 spiro atoms. The second-order valence-electron chi connectivity index (χ2n) is 6.74. The molecule has 1 aromatic carbocycles. The molecule has 0 fully saturated rings. The molecule has 2 heterocycles. The SMILES string of the molecule is COCCCNC(=O)c1nc(C(=O)Nc2ccc(N(C)C)cc2)n2ccccc12. The predicted octanol–water partition coefficient (Wildman–Crippen LogP) is 2.42. The lowest BCUT2D eigenvalue weighted by molar-refractivity contribution is 0.0946. The maximum atomic E-state index is 12.8. The van der Waals surface area contributed by atoms with Crippen molar-refractivity contribution in [3.8, 4) is 0 Å². The normalized spacial score (nSPS) is 10.7. The number of rotatable bonds is 8. The fourth-order valence-electron chi connectivity index (χ4n) is 2.90. The summed E-state index contributed by atoms with van der Waals surface area (Å²) in [5.41, 5.74) is 2.47. The molecule has 0 atom stereocenters. The van der Waals surface area contributed by atoms with E-state index in [1.807, 2.05) is 43.3 Å². The molecule has 152 valence electrons. The Morgan fingerprint density at radius 1 is 1.10 bits per heavy atom. The van der Waals surface area contributed by atoms with E-state index in [9.17, 15) is 9.59 Å². The molecule has 3 aromatic rings. The van der Waals surface area contributed by atoms with Gasteiger partial charge in [-0.2, -0.15) is 0 Å². The first-order chi connectivity index (χ1) is 14.0. The summed E-state index contributed by atoms with van der Waals surface area (Å²) < 4.78 is 6.60. The number of fused-ring (bicyclic) bond motifs is 1. The molecule has 29 heavy (non-hydrogen) atoms. The highest BCUT2D eigenvalue weighted by molar-refractivity contribution is 6.06. The Morgan fingerprint density at radius 2 is 1.86 bits per heavy atom. The monoisotopic (exact) mass is 395 g/mol. The number of benzene rings is 1. The van der Waals surface area contributed by atoms with Crippen LogP contribution >= 0.6 is 0 Å². The van der Waals surface area contributed by atoms with Gasteiger partial charge in [-0.3, -0.25) is 14.0 Å². The quantitative estimate of drug-likeness (QED) is 0.572. The van der Waals surface area contributed by atoms with Crippen LogP contribution in [0.15, 0.2) is 48.7 Å². The second-order valence-corrected chi connectivity index (χ2v) is 6.74. The number of methoxy groups -OCH3 is 1. The number of anilines is 2. The molecule has 2 aromatic heterocycles. The van der Waals surface area contributed by atoms with Gasteiger partial charge in [0.25, 0.3) is 11.8 Å². The molecule has 0 unspecified atom stereocenters. The molecule has 0 bridgehead atoms. The average molecular weight is 395 g/mol. The zero-order chi connectivity index (χ0) is 20.8. The molecule has 2 amide bonds. The molecule has 8 heteroatoms. The fraction of sp³-hybridized carbons (Fsp3) is 0.286. The lowest BCUT2D eigenvalue weighted by atomic mass is 10.2. The third kappa shape index (κ3) is 4.72. The maximum Gasteiger partial charge on any atom is 0.292 e. The van der Waals surface area contributed by atoms with E-state index >= 15 is 0 Å². The topological polar surface area (TPSA) is 88.0 Å². The summed E-state index contributed by atoms with van der Waals surface area (Å²) in [6, 6.07) is 12.8. The number of ether oxygens (including phenoxy) is 1. The van der Waals surface area contributed by atoms with E-state index in [0.717, 1.165) is 5.69 Å². The molecular formula is C21H25N5O3. The van der Waals surface area contributed by atoms with Crippen molar-refractivity contribution in [2.45, 2.75) is 6.42 Å². The van der Waals surface area contributed by atoms with Crippen molar-refractivity contribution in [2.24, 2.45) is 0 Å². The molecule has 8 nitrogen and oxygen atoms in total. The molecule has 0 aliphatic carbocycles. The third-order valence-corrected chi connectivity index (χ3v) is 4.42. The van der Waals surface area contributed by atoms with Crippen LogP contribution < -0.4 is 15.5 Å². The van der Waals surface area contributed by atoms with Crippen LogP contribution in [0.25, 0.3) is 5.52 Å². The molecule has 3 rings (SSSR count). The van der Waals surface area contributed by atoms with E-state index < -0.39 is 0 Å². The van der Waals surface area contributed by atoms with Crippen molar-refractivity contribution in [2.75, 3.05) is 44.6 Å². The summed E-state index contributed by atoms with van der Waals surface area (Å²) >= 11 is 0. The second kappa shape index (κ2) is 9.20. The van der Waals surface area contributed by atoms with E-state index in [2.05, 4.69) is 15.6 Å². The van der Waals surface area contributed by atoms with Gasteiger partial charge in [-0.15, -0.1) is 0 Å². The summed E-state index contributed by atoms with van der Waals surface area (Å²) in [7, 11) is 5.52. The van der Waals surface area contributed by atoms with Crippen LogP contribution in [0.5, 0.6) is 0 Å². The minimum Gasteiger partial charge on any atom is -0.385 e. The van der Waals surface area contributed by atoms with Crippen LogP contribution in [0.3, 0.4) is 0 Å². The van der Waals surface area contributed by atoms with E-state index in [1.54, 1.807) is 35.9 Å². The molecule has 0 aliphatic rings. The first kappa shape index (κ1) is 20.3. The van der Waals surface area contributed by atoms with Crippen molar-refractivity contribution in [3.63, 3.8) is 0 Å². The highest BCUT2D eigenvalue weighted by atomic mass is 16.5. The standard InChI is InChI=1S/C21H25N5O3/c1-25(2)16-10-8-15(9-11-16)23-21(28)19-24-18(17-7-4-5-13-26(17)19)20(27)22-12-6-14-29-3/h4-5,7-11,13H,6,12,14H2,1-3H3,(H,22,27)(H,23,28). The Labute approximate surface area is 169 Å². The van der Waals surface area contributed by atoms with Gasteiger partial charge in [-0.25, -0.2) is 4.98 Å². The number of imidazole rings is 1. The van der Waals surface area contributed by atoms with Gasteiger partial charge in [0.1, 0.15) is 0 Å². The van der Waals surface area contributed by atoms with E-state index in [1.165, 1.54) is 0 Å². The van der Waals surface area contributed by atoms with Gasteiger partial charge in [0.2, 0.25) is 5.82 Å².